The van der Waals surface area contributed by atoms with Gasteiger partial charge < -0.3 is 4.90 Å². The van der Waals surface area contributed by atoms with Crippen LogP contribution < -0.4 is 4.72 Å². The van der Waals surface area contributed by atoms with Gasteiger partial charge in [0.05, 0.1) is 16.2 Å². The predicted molar refractivity (Wildman–Crippen MR) is 65.1 cm³/mol. The van der Waals surface area contributed by atoms with Gasteiger partial charge in [-0.25, -0.2) is 8.42 Å². The number of non-ortho nitro benzene ring substituents is 1. The third kappa shape index (κ3) is 3.17. The van der Waals surface area contributed by atoms with E-state index in [0.717, 1.165) is 12.1 Å². The second kappa shape index (κ2) is 5.45. The number of thiol groups is 1. The number of hydrogen-bond donors (Lipinski definition) is 2. The van der Waals surface area contributed by atoms with Gasteiger partial charge in [-0.15, -0.1) is 0 Å². The van der Waals surface area contributed by atoms with E-state index in [0.29, 0.717) is 0 Å². The van der Waals surface area contributed by atoms with E-state index in [9.17, 15) is 23.3 Å². The molecule has 0 fully saturated rings. The van der Waals surface area contributed by atoms with Crippen LogP contribution in [0, 0.1) is 10.1 Å². The molecule has 0 radical (unpaired) electrons. The first-order valence-corrected chi connectivity index (χ1v) is 5.92. The maximum atomic E-state index is 11.7. The maximum Gasteiger partial charge on any atom is 0.271 e. The molecular formula is C9H11N3O5S. The first kappa shape index (κ1) is 13.9. The lowest BCUT2D eigenvalue weighted by atomic mass is 10.1. The minimum Gasteiger partial charge on any atom is -0.345 e. The van der Waals surface area contributed by atoms with E-state index < -0.39 is 21.7 Å². The zero-order valence-corrected chi connectivity index (χ0v) is 10.5. The highest BCUT2D eigenvalue weighted by Gasteiger charge is 2.17. The fraction of sp³-hybridized carbons (Fsp3) is 0.222. The van der Waals surface area contributed by atoms with Gasteiger partial charge in [0.15, 0.2) is 0 Å². The molecule has 0 heterocycles. The lowest BCUT2D eigenvalue weighted by Gasteiger charge is -2.13. The number of nitro groups is 1. The summed E-state index contributed by atoms with van der Waals surface area (Å²) in [6.45, 7) is 0. The van der Waals surface area contributed by atoms with E-state index in [2.05, 4.69) is 0 Å². The lowest BCUT2D eigenvalue weighted by molar-refractivity contribution is -0.384. The molecule has 9 heteroatoms. The molecule has 0 aliphatic carbocycles. The van der Waals surface area contributed by atoms with E-state index in [-0.39, 0.29) is 16.9 Å². The van der Waals surface area contributed by atoms with Crippen molar-refractivity contribution in [3.63, 3.8) is 0 Å². The maximum absolute atomic E-state index is 11.7. The van der Waals surface area contributed by atoms with E-state index in [1.165, 1.54) is 25.1 Å². The van der Waals surface area contributed by atoms with Crippen molar-refractivity contribution < 1.29 is 18.1 Å². The van der Waals surface area contributed by atoms with Crippen molar-refractivity contribution in [2.75, 3.05) is 18.8 Å². The number of anilines is 1. The summed E-state index contributed by atoms with van der Waals surface area (Å²) in [5.74, 6) is -0.454. The van der Waals surface area contributed by atoms with Gasteiger partial charge in [-0.2, -0.15) is 0 Å². The van der Waals surface area contributed by atoms with Gasteiger partial charge in [0, 0.05) is 26.2 Å². The van der Waals surface area contributed by atoms with E-state index in [1.54, 1.807) is 0 Å². The van der Waals surface area contributed by atoms with Crippen molar-refractivity contribution >= 4 is 28.2 Å². The number of carbonyl (C=O) groups excluding carboxylic acids is 1. The van der Waals surface area contributed by atoms with Gasteiger partial charge in [0.1, 0.15) is 0 Å². The van der Waals surface area contributed by atoms with Crippen LogP contribution in [-0.2, 0) is 10.9 Å². The summed E-state index contributed by atoms with van der Waals surface area (Å²) in [7, 11) is -0.0304. The topological polar surface area (TPSA) is 110 Å². The lowest BCUT2D eigenvalue weighted by Crippen LogP contribution is -2.22. The van der Waals surface area contributed by atoms with Crippen molar-refractivity contribution in [3.05, 3.63) is 33.9 Å². The molecule has 1 rings (SSSR count). The number of nitro benzene ring substituents is 1. The van der Waals surface area contributed by atoms with Crippen LogP contribution in [0.15, 0.2) is 18.2 Å². The average molecular weight is 273 g/mol. The quantitative estimate of drug-likeness (QED) is 0.464. The highest BCUT2D eigenvalue weighted by molar-refractivity contribution is 7.73. The molecular weight excluding hydrogens is 262 g/mol. The summed E-state index contributed by atoms with van der Waals surface area (Å²) in [5, 5.41) is 10.6. The van der Waals surface area contributed by atoms with Crippen LogP contribution in [0.25, 0.3) is 0 Å². The molecule has 1 aromatic rings. The first-order valence-electron chi connectivity index (χ1n) is 4.74. The van der Waals surface area contributed by atoms with Gasteiger partial charge in [-0.05, 0) is 6.07 Å². The van der Waals surface area contributed by atoms with E-state index >= 15 is 0 Å². The minimum atomic E-state index is -3.01. The van der Waals surface area contributed by atoms with Crippen LogP contribution in [0.3, 0.4) is 0 Å². The van der Waals surface area contributed by atoms with Gasteiger partial charge in [-0.1, -0.05) is 0 Å². The smallest absolute Gasteiger partial charge is 0.271 e. The van der Waals surface area contributed by atoms with Crippen LogP contribution in [-0.4, -0.2) is 38.2 Å². The molecule has 1 amide bonds. The predicted octanol–water partition coefficient (Wildman–Crippen LogP) is 0.235. The molecule has 0 atom stereocenters. The van der Waals surface area contributed by atoms with E-state index in [4.69, 9.17) is 0 Å². The Labute approximate surface area is 104 Å². The first-order chi connectivity index (χ1) is 8.32. The number of hydrogen-bond acceptors (Lipinski definition) is 5. The van der Waals surface area contributed by atoms with Gasteiger partial charge >= 0.3 is 0 Å². The van der Waals surface area contributed by atoms with Crippen molar-refractivity contribution in [1.29, 1.82) is 0 Å². The molecule has 0 spiro atoms. The van der Waals surface area contributed by atoms with Crippen LogP contribution in [0.4, 0.5) is 11.4 Å². The summed E-state index contributed by atoms with van der Waals surface area (Å²) in [5.41, 5.74) is -0.367. The molecule has 0 aliphatic rings. The Bertz CT molecular complexity index is 559. The van der Waals surface area contributed by atoms with Crippen molar-refractivity contribution in [2.45, 2.75) is 0 Å². The zero-order chi connectivity index (χ0) is 13.9. The number of benzene rings is 1. The third-order valence-corrected chi connectivity index (χ3v) is 2.49. The normalized spacial score (nSPS) is 10.2. The fourth-order valence-electron chi connectivity index (χ4n) is 1.26. The van der Waals surface area contributed by atoms with Crippen LogP contribution in [0.2, 0.25) is 0 Å². The van der Waals surface area contributed by atoms with Crippen molar-refractivity contribution in [2.24, 2.45) is 0 Å². The molecule has 1 N–H and O–H groups in total. The Balaban J connectivity index is 3.33. The van der Waals surface area contributed by atoms with E-state index in [1.807, 2.05) is 4.72 Å². The number of nitrogens with one attached hydrogen (secondary N) is 1. The van der Waals surface area contributed by atoms with Gasteiger partial charge in [0.25, 0.3) is 11.6 Å². The Hall–Kier alpha value is -2.16. The average Bonchev–Trinajstić information content (AvgIpc) is 2.26. The highest BCUT2D eigenvalue weighted by Crippen LogP contribution is 2.23. The molecule has 1 aromatic carbocycles. The molecule has 98 valence electrons. The fourth-order valence-corrected chi connectivity index (χ4v) is 1.65. The summed E-state index contributed by atoms with van der Waals surface area (Å²) in [6.07, 6.45) is 0. The second-order valence-electron chi connectivity index (χ2n) is 3.56. The van der Waals surface area contributed by atoms with Crippen LogP contribution in [0.1, 0.15) is 10.4 Å². The van der Waals surface area contributed by atoms with Crippen LogP contribution in [0.5, 0.6) is 0 Å². The molecule has 0 aliphatic heterocycles. The van der Waals surface area contributed by atoms with Gasteiger partial charge in [0.2, 0.25) is 10.9 Å². The molecule has 18 heavy (non-hydrogen) atoms. The van der Waals surface area contributed by atoms with Crippen molar-refractivity contribution in [3.8, 4) is 0 Å². The minimum absolute atomic E-state index is 0.0461. The van der Waals surface area contributed by atoms with Crippen LogP contribution >= 0.6 is 0 Å². The Morgan fingerprint density at radius 3 is 2.44 bits per heavy atom. The second-order valence-corrected chi connectivity index (χ2v) is 4.29. The molecule has 0 bridgehead atoms. The Morgan fingerprint density at radius 1 is 1.39 bits per heavy atom. The number of carbonyl (C=O) groups is 1. The monoisotopic (exact) mass is 273 g/mol. The molecule has 8 nitrogen and oxygen atoms in total. The largest absolute Gasteiger partial charge is 0.345 e. The highest BCUT2D eigenvalue weighted by atomic mass is 32.2. The van der Waals surface area contributed by atoms with Crippen molar-refractivity contribution in [1.82, 2.24) is 4.90 Å². The SMILES string of the molecule is CN(C)C(=O)c1ccc([N+](=O)[O-])cc1N[SH](=O)=O. The number of nitrogens with zero attached hydrogens (tertiary/aromatic N) is 2. The Morgan fingerprint density at radius 2 is 2.00 bits per heavy atom. The molecule has 0 saturated carbocycles. The summed E-state index contributed by atoms with van der Waals surface area (Å²) >= 11 is 0. The summed E-state index contributed by atoms with van der Waals surface area (Å²) in [6, 6.07) is 3.35. The third-order valence-electron chi connectivity index (χ3n) is 2.06. The molecule has 0 unspecified atom stereocenters. The standard InChI is InChI=1S/C9H11N3O5S/c1-11(2)9(13)7-4-3-6(12(14)15)5-8(7)10-18(16)17/h3-5,18H,1-2H3,(H,10,16,17). The number of amides is 1. The summed E-state index contributed by atoms with van der Waals surface area (Å²) < 4.78 is 23.3. The van der Waals surface area contributed by atoms with Gasteiger partial charge in [-0.3, -0.25) is 19.6 Å². The summed E-state index contributed by atoms with van der Waals surface area (Å²) in [4.78, 5) is 22.9. The molecule has 0 saturated heterocycles. The number of rotatable bonds is 4. The molecule has 0 aromatic heterocycles. The Kier molecular flexibility index (Phi) is 4.21. The zero-order valence-electron chi connectivity index (χ0n) is 9.61.